The first kappa shape index (κ1) is 16.0. The average Bonchev–Trinajstić information content (AvgIpc) is 2.27. The molecule has 0 aromatic heterocycles. The summed E-state index contributed by atoms with van der Waals surface area (Å²) in [6, 6.07) is 3.74. The van der Waals surface area contributed by atoms with Crippen LogP contribution >= 0.6 is 27.5 Å². The zero-order valence-electron chi connectivity index (χ0n) is 10.8. The van der Waals surface area contributed by atoms with Gasteiger partial charge in [-0.25, -0.2) is 4.79 Å². The van der Waals surface area contributed by atoms with Gasteiger partial charge in [0.05, 0.1) is 5.02 Å². The van der Waals surface area contributed by atoms with Crippen LogP contribution in [-0.2, 0) is 4.79 Å². The number of rotatable bonds is 3. The molecule has 104 valence electrons. The Morgan fingerprint density at radius 2 is 1.95 bits per heavy atom. The Bertz CT molecular complexity index is 511. The van der Waals surface area contributed by atoms with Gasteiger partial charge >= 0.3 is 5.97 Å². The lowest BCUT2D eigenvalue weighted by molar-refractivity contribution is -0.142. The van der Waals surface area contributed by atoms with Gasteiger partial charge < -0.3 is 10.4 Å². The van der Waals surface area contributed by atoms with Crippen molar-refractivity contribution in [3.63, 3.8) is 0 Å². The number of halogens is 2. The maximum atomic E-state index is 12.0. The topological polar surface area (TPSA) is 66.4 Å². The summed E-state index contributed by atoms with van der Waals surface area (Å²) in [5.74, 6) is -1.53. The van der Waals surface area contributed by atoms with E-state index in [1.54, 1.807) is 32.9 Å². The number of carbonyl (C=O) groups excluding carboxylic acids is 1. The highest BCUT2D eigenvalue weighted by atomic mass is 79.9. The lowest BCUT2D eigenvalue weighted by atomic mass is 9.86. The third kappa shape index (κ3) is 4.21. The van der Waals surface area contributed by atoms with Crippen LogP contribution in [0.1, 0.15) is 31.1 Å². The number of benzene rings is 1. The molecule has 1 atom stereocenters. The van der Waals surface area contributed by atoms with Crippen LogP contribution in [0.4, 0.5) is 0 Å². The zero-order valence-corrected chi connectivity index (χ0v) is 13.2. The molecule has 1 unspecified atom stereocenters. The van der Waals surface area contributed by atoms with Crippen LogP contribution in [-0.4, -0.2) is 23.0 Å². The summed E-state index contributed by atoms with van der Waals surface area (Å²) in [5.41, 5.74) is -0.260. The summed E-state index contributed by atoms with van der Waals surface area (Å²) in [6.07, 6.45) is 0. The standard InChI is InChI=1S/C13H15BrClNO3/c1-13(2,3)10(12(18)19)16-11(17)7-4-5-8(14)9(15)6-7/h4-6,10H,1-3H3,(H,16,17)(H,18,19). The van der Waals surface area contributed by atoms with Crippen LogP contribution < -0.4 is 5.32 Å². The number of hydrogen-bond acceptors (Lipinski definition) is 2. The Morgan fingerprint density at radius 3 is 2.37 bits per heavy atom. The number of carboxylic acid groups (broad SMARTS) is 1. The Balaban J connectivity index is 2.94. The molecule has 0 aliphatic carbocycles. The van der Waals surface area contributed by atoms with E-state index >= 15 is 0 Å². The highest BCUT2D eigenvalue weighted by Gasteiger charge is 2.32. The molecule has 19 heavy (non-hydrogen) atoms. The maximum Gasteiger partial charge on any atom is 0.326 e. The fourth-order valence-corrected chi connectivity index (χ4v) is 1.93. The van der Waals surface area contributed by atoms with E-state index in [0.717, 1.165) is 0 Å². The molecule has 0 fully saturated rings. The molecule has 1 amide bonds. The van der Waals surface area contributed by atoms with Crippen LogP contribution in [0.25, 0.3) is 0 Å². The SMILES string of the molecule is CC(C)(C)C(NC(=O)c1ccc(Br)c(Cl)c1)C(=O)O. The molecule has 4 nitrogen and oxygen atoms in total. The van der Waals surface area contributed by atoms with Crippen LogP contribution in [0.2, 0.25) is 5.02 Å². The van der Waals surface area contributed by atoms with Gasteiger partial charge in [-0.05, 0) is 39.5 Å². The van der Waals surface area contributed by atoms with E-state index in [-0.39, 0.29) is 0 Å². The van der Waals surface area contributed by atoms with E-state index in [0.29, 0.717) is 15.1 Å². The van der Waals surface area contributed by atoms with Crippen LogP contribution in [0.5, 0.6) is 0 Å². The van der Waals surface area contributed by atoms with E-state index in [2.05, 4.69) is 21.2 Å². The van der Waals surface area contributed by atoms with Crippen molar-refractivity contribution in [1.29, 1.82) is 0 Å². The van der Waals surface area contributed by atoms with Crippen molar-refractivity contribution < 1.29 is 14.7 Å². The molecule has 1 aromatic rings. The third-order valence-electron chi connectivity index (χ3n) is 2.57. The van der Waals surface area contributed by atoms with Crippen molar-refractivity contribution in [3.05, 3.63) is 33.3 Å². The molecule has 6 heteroatoms. The first-order valence-corrected chi connectivity index (χ1v) is 6.78. The van der Waals surface area contributed by atoms with Gasteiger partial charge in [-0.2, -0.15) is 0 Å². The van der Waals surface area contributed by atoms with Crippen molar-refractivity contribution in [2.45, 2.75) is 26.8 Å². The molecular weight excluding hydrogens is 334 g/mol. The smallest absolute Gasteiger partial charge is 0.326 e. The summed E-state index contributed by atoms with van der Waals surface area (Å²) in [6.45, 7) is 5.25. The molecular formula is C13H15BrClNO3. The van der Waals surface area contributed by atoms with Gasteiger partial charge in [0.1, 0.15) is 6.04 Å². The van der Waals surface area contributed by atoms with Crippen LogP contribution in [0.15, 0.2) is 22.7 Å². The molecule has 0 radical (unpaired) electrons. The number of hydrogen-bond donors (Lipinski definition) is 2. The largest absolute Gasteiger partial charge is 0.480 e. The van der Waals surface area contributed by atoms with E-state index < -0.39 is 23.3 Å². The quantitative estimate of drug-likeness (QED) is 0.880. The number of nitrogens with one attached hydrogen (secondary N) is 1. The van der Waals surface area contributed by atoms with Crippen molar-refractivity contribution >= 4 is 39.4 Å². The summed E-state index contributed by atoms with van der Waals surface area (Å²) in [4.78, 5) is 23.2. The van der Waals surface area contributed by atoms with Gasteiger partial charge in [-0.1, -0.05) is 32.4 Å². The molecule has 0 bridgehead atoms. The van der Waals surface area contributed by atoms with Crippen molar-refractivity contribution in [2.24, 2.45) is 5.41 Å². The first-order chi connectivity index (χ1) is 8.62. The summed E-state index contributed by atoms with van der Waals surface area (Å²) >= 11 is 9.13. The number of carboxylic acids is 1. The first-order valence-electron chi connectivity index (χ1n) is 5.61. The van der Waals surface area contributed by atoms with Gasteiger partial charge in [0, 0.05) is 10.0 Å². The molecule has 1 rings (SSSR count). The van der Waals surface area contributed by atoms with E-state index in [4.69, 9.17) is 16.7 Å². The van der Waals surface area contributed by atoms with Gasteiger partial charge in [0.2, 0.25) is 0 Å². The maximum absolute atomic E-state index is 12.0. The minimum absolute atomic E-state index is 0.323. The van der Waals surface area contributed by atoms with Crippen molar-refractivity contribution in [1.82, 2.24) is 5.32 Å². The second kappa shape index (κ2) is 5.92. The summed E-state index contributed by atoms with van der Waals surface area (Å²) in [7, 11) is 0. The highest BCUT2D eigenvalue weighted by molar-refractivity contribution is 9.10. The van der Waals surface area contributed by atoms with E-state index in [1.165, 1.54) is 6.07 Å². The molecule has 0 aliphatic heterocycles. The number of amides is 1. The van der Waals surface area contributed by atoms with Gasteiger partial charge in [0.15, 0.2) is 0 Å². The van der Waals surface area contributed by atoms with Crippen LogP contribution in [0, 0.1) is 5.41 Å². The Morgan fingerprint density at radius 1 is 1.37 bits per heavy atom. The molecule has 0 saturated heterocycles. The lowest BCUT2D eigenvalue weighted by Crippen LogP contribution is -2.49. The minimum Gasteiger partial charge on any atom is -0.480 e. The monoisotopic (exact) mass is 347 g/mol. The molecule has 0 spiro atoms. The van der Waals surface area contributed by atoms with E-state index in [1.807, 2.05) is 0 Å². The van der Waals surface area contributed by atoms with Gasteiger partial charge in [-0.15, -0.1) is 0 Å². The third-order valence-corrected chi connectivity index (χ3v) is 3.80. The minimum atomic E-state index is -1.07. The van der Waals surface area contributed by atoms with Crippen LogP contribution in [0.3, 0.4) is 0 Å². The fourth-order valence-electron chi connectivity index (χ4n) is 1.50. The normalized spacial score (nSPS) is 12.9. The Hall–Kier alpha value is -1.07. The van der Waals surface area contributed by atoms with Crippen molar-refractivity contribution in [3.8, 4) is 0 Å². The average molecular weight is 349 g/mol. The molecule has 0 heterocycles. The molecule has 0 aliphatic rings. The fraction of sp³-hybridized carbons (Fsp3) is 0.385. The number of carbonyl (C=O) groups is 2. The highest BCUT2D eigenvalue weighted by Crippen LogP contribution is 2.24. The van der Waals surface area contributed by atoms with E-state index in [9.17, 15) is 9.59 Å². The summed E-state index contributed by atoms with van der Waals surface area (Å²) < 4.78 is 0.677. The second-order valence-corrected chi connectivity index (χ2v) is 6.50. The molecule has 1 aromatic carbocycles. The Kier molecular flexibility index (Phi) is 4.98. The predicted octanol–water partition coefficient (Wildman–Crippen LogP) is 3.33. The lowest BCUT2D eigenvalue weighted by Gasteiger charge is -2.27. The molecule has 2 N–H and O–H groups in total. The van der Waals surface area contributed by atoms with Gasteiger partial charge in [-0.3, -0.25) is 4.79 Å². The van der Waals surface area contributed by atoms with Gasteiger partial charge in [0.25, 0.3) is 5.91 Å². The molecule has 0 saturated carbocycles. The Labute approximate surface area is 125 Å². The predicted molar refractivity (Wildman–Crippen MR) is 77.5 cm³/mol. The van der Waals surface area contributed by atoms with Crippen molar-refractivity contribution in [2.75, 3.05) is 0 Å². The second-order valence-electron chi connectivity index (χ2n) is 5.24. The zero-order chi connectivity index (χ0) is 14.8. The number of aliphatic carboxylic acids is 1. The summed E-state index contributed by atoms with van der Waals surface area (Å²) in [5, 5.41) is 12.1.